The highest BCUT2D eigenvalue weighted by molar-refractivity contribution is 7.99. The number of nitrogens with zero attached hydrogens (tertiary/aromatic N) is 4. The van der Waals surface area contributed by atoms with Crippen LogP contribution < -0.4 is 5.32 Å². The van der Waals surface area contributed by atoms with Gasteiger partial charge in [0.15, 0.2) is 11.2 Å². The maximum atomic E-state index is 13.2. The van der Waals surface area contributed by atoms with Crippen LogP contribution in [0.15, 0.2) is 58.7 Å². The van der Waals surface area contributed by atoms with Gasteiger partial charge in [0.1, 0.15) is 5.82 Å². The van der Waals surface area contributed by atoms with Gasteiger partial charge in [-0.2, -0.15) is 5.26 Å². The number of amides is 1. The molecule has 150 valence electrons. The summed E-state index contributed by atoms with van der Waals surface area (Å²) in [6.07, 6.45) is 8.22. The monoisotopic (exact) mass is 437 g/mol. The molecule has 1 saturated heterocycles. The fourth-order valence-corrected chi connectivity index (χ4v) is 5.67. The number of pyridine rings is 1. The molecule has 6 nitrogen and oxygen atoms in total. The van der Waals surface area contributed by atoms with E-state index in [-0.39, 0.29) is 17.3 Å². The molecule has 1 aliphatic carbocycles. The first kappa shape index (κ1) is 19.0. The second-order valence-corrected chi connectivity index (χ2v) is 9.60. The van der Waals surface area contributed by atoms with Crippen molar-refractivity contribution in [3.8, 4) is 16.6 Å². The lowest BCUT2D eigenvalue weighted by atomic mass is 10.2. The number of thiazole rings is 1. The van der Waals surface area contributed by atoms with Gasteiger partial charge in [-0.15, -0.1) is 11.3 Å². The number of benzene rings is 1. The first-order chi connectivity index (χ1) is 14.6. The Morgan fingerprint density at radius 2 is 2.17 bits per heavy atom. The van der Waals surface area contributed by atoms with Crippen molar-refractivity contribution in [2.45, 2.75) is 21.8 Å². The normalized spacial score (nSPS) is 21.7. The summed E-state index contributed by atoms with van der Waals surface area (Å²) in [5.41, 5.74) is 0.647. The lowest BCUT2D eigenvalue weighted by Gasteiger charge is -2.16. The number of hydrogen-bond acceptors (Lipinski definition) is 7. The molecule has 2 aromatic heterocycles. The van der Waals surface area contributed by atoms with Gasteiger partial charge in [-0.05, 0) is 36.8 Å². The van der Waals surface area contributed by atoms with E-state index in [9.17, 15) is 9.18 Å². The summed E-state index contributed by atoms with van der Waals surface area (Å²) in [6, 6.07) is 8.18. The number of carbonyl (C=O) groups excluding carboxylic acids is 1. The largest absolute Gasteiger partial charge is 0.342 e. The molecule has 2 fully saturated rings. The van der Waals surface area contributed by atoms with E-state index in [2.05, 4.69) is 21.5 Å². The summed E-state index contributed by atoms with van der Waals surface area (Å²) in [7, 11) is 0. The van der Waals surface area contributed by atoms with E-state index in [1.807, 2.05) is 6.07 Å². The van der Waals surface area contributed by atoms with E-state index in [0.717, 1.165) is 26.7 Å². The Morgan fingerprint density at radius 3 is 2.93 bits per heavy atom. The number of nitrogens with one attached hydrogen (secondary N) is 1. The van der Waals surface area contributed by atoms with Crippen molar-refractivity contribution in [2.75, 3.05) is 13.1 Å². The molecular weight excluding hydrogens is 421 g/mol. The van der Waals surface area contributed by atoms with Crippen LogP contribution in [0.4, 0.5) is 4.39 Å². The number of aromatic nitrogens is 2. The molecule has 1 aromatic carbocycles. The minimum atomic E-state index is -0.279. The number of hydrogen-bond donors (Lipinski definition) is 1. The van der Waals surface area contributed by atoms with Gasteiger partial charge >= 0.3 is 0 Å². The molecule has 0 bridgehead atoms. The van der Waals surface area contributed by atoms with Crippen LogP contribution in [0.2, 0.25) is 0 Å². The predicted octanol–water partition coefficient (Wildman–Crippen LogP) is 3.78. The van der Waals surface area contributed by atoms with E-state index >= 15 is 0 Å². The predicted molar refractivity (Wildman–Crippen MR) is 111 cm³/mol. The Hall–Kier alpha value is -2.96. The molecule has 1 saturated carbocycles. The SMILES string of the molecule is N#CN1CC2C[C@]2(NC(=O)c2ncc(-c3ccncc3Sc3ccc(F)cc3)s2)C1. The van der Waals surface area contributed by atoms with Gasteiger partial charge in [-0.25, -0.2) is 9.37 Å². The van der Waals surface area contributed by atoms with Crippen molar-refractivity contribution in [3.05, 3.63) is 59.7 Å². The smallest absolute Gasteiger partial charge is 0.280 e. The average Bonchev–Trinajstić information content (AvgIpc) is 3.10. The van der Waals surface area contributed by atoms with Gasteiger partial charge in [-0.1, -0.05) is 11.8 Å². The lowest BCUT2D eigenvalue weighted by Crippen LogP contribution is -2.41. The Bertz CT molecular complexity index is 1160. The zero-order chi connectivity index (χ0) is 20.7. The fourth-order valence-electron chi connectivity index (χ4n) is 3.83. The van der Waals surface area contributed by atoms with E-state index in [0.29, 0.717) is 24.0 Å². The number of nitriles is 1. The van der Waals surface area contributed by atoms with Gasteiger partial charge < -0.3 is 10.2 Å². The van der Waals surface area contributed by atoms with Crippen LogP contribution in [0.1, 0.15) is 16.2 Å². The Labute approximate surface area is 180 Å². The summed E-state index contributed by atoms with van der Waals surface area (Å²) < 4.78 is 13.2. The summed E-state index contributed by atoms with van der Waals surface area (Å²) in [5.74, 6) is -0.129. The minimum Gasteiger partial charge on any atom is -0.342 e. The summed E-state index contributed by atoms with van der Waals surface area (Å²) >= 11 is 2.81. The number of fused-ring (bicyclic) bond motifs is 1. The zero-order valence-corrected chi connectivity index (χ0v) is 17.3. The summed E-state index contributed by atoms with van der Waals surface area (Å²) in [4.78, 5) is 25.7. The molecule has 1 N–H and O–H groups in total. The van der Waals surface area contributed by atoms with Crippen LogP contribution in [0.25, 0.3) is 10.4 Å². The van der Waals surface area contributed by atoms with Gasteiger partial charge in [0.2, 0.25) is 0 Å². The van der Waals surface area contributed by atoms with Crippen LogP contribution in [0, 0.1) is 23.2 Å². The van der Waals surface area contributed by atoms with Gasteiger partial charge in [0, 0.05) is 46.4 Å². The third kappa shape index (κ3) is 3.53. The standard InChI is InChI=1S/C21H16FN5OS2/c22-14-1-3-15(4-2-14)29-17-8-24-6-5-16(17)18-9-25-20(30-18)19(28)26-21-7-13(21)10-27(11-21)12-23/h1-6,8-9,13H,7,10-11H2,(H,26,28)/t13?,21-/m0/s1. The van der Waals surface area contributed by atoms with E-state index in [4.69, 9.17) is 5.26 Å². The Balaban J connectivity index is 1.34. The molecule has 0 radical (unpaired) electrons. The highest BCUT2D eigenvalue weighted by atomic mass is 32.2. The maximum absolute atomic E-state index is 13.2. The quantitative estimate of drug-likeness (QED) is 0.612. The fraction of sp³-hybridized carbons (Fsp3) is 0.238. The Morgan fingerprint density at radius 1 is 1.33 bits per heavy atom. The summed E-state index contributed by atoms with van der Waals surface area (Å²) in [5, 5.41) is 12.6. The highest BCUT2D eigenvalue weighted by Crippen LogP contribution is 2.49. The van der Waals surface area contributed by atoms with Crippen LogP contribution in [0.3, 0.4) is 0 Å². The third-order valence-electron chi connectivity index (χ3n) is 5.44. The molecule has 0 spiro atoms. The second kappa shape index (κ2) is 7.38. The molecule has 2 atom stereocenters. The van der Waals surface area contributed by atoms with Crippen molar-refractivity contribution < 1.29 is 9.18 Å². The number of rotatable bonds is 5. The molecule has 3 heterocycles. The van der Waals surface area contributed by atoms with E-state index in [1.54, 1.807) is 35.6 Å². The van der Waals surface area contributed by atoms with Crippen molar-refractivity contribution in [1.29, 1.82) is 5.26 Å². The number of carbonyl (C=O) groups is 1. The van der Waals surface area contributed by atoms with Crippen LogP contribution in [-0.4, -0.2) is 39.4 Å². The topological polar surface area (TPSA) is 81.9 Å². The van der Waals surface area contributed by atoms with Crippen molar-refractivity contribution in [2.24, 2.45) is 5.92 Å². The molecule has 1 amide bonds. The molecule has 1 aliphatic heterocycles. The van der Waals surface area contributed by atoms with Crippen LogP contribution >= 0.6 is 23.1 Å². The van der Waals surface area contributed by atoms with Crippen molar-refractivity contribution in [3.63, 3.8) is 0 Å². The van der Waals surface area contributed by atoms with Crippen LogP contribution in [0.5, 0.6) is 0 Å². The molecule has 3 aromatic rings. The van der Waals surface area contributed by atoms with Gasteiger partial charge in [0.25, 0.3) is 5.91 Å². The highest BCUT2D eigenvalue weighted by Gasteiger charge is 2.61. The number of likely N-dealkylation sites (tertiary alicyclic amines) is 1. The maximum Gasteiger partial charge on any atom is 0.280 e. The first-order valence-electron chi connectivity index (χ1n) is 9.37. The van der Waals surface area contributed by atoms with E-state index in [1.165, 1.54) is 35.2 Å². The summed E-state index contributed by atoms with van der Waals surface area (Å²) in [6.45, 7) is 1.28. The average molecular weight is 438 g/mol. The van der Waals surface area contributed by atoms with Crippen molar-refractivity contribution >= 4 is 29.0 Å². The molecular formula is C21H16FN5OS2. The van der Waals surface area contributed by atoms with Gasteiger partial charge in [0.05, 0.1) is 17.0 Å². The van der Waals surface area contributed by atoms with Crippen molar-refractivity contribution in [1.82, 2.24) is 20.2 Å². The van der Waals surface area contributed by atoms with Crippen LogP contribution in [-0.2, 0) is 0 Å². The number of piperidine rings is 1. The van der Waals surface area contributed by atoms with E-state index < -0.39 is 0 Å². The van der Waals surface area contributed by atoms with Gasteiger partial charge in [-0.3, -0.25) is 9.78 Å². The molecule has 5 rings (SSSR count). The molecule has 2 aliphatic rings. The molecule has 30 heavy (non-hydrogen) atoms. The lowest BCUT2D eigenvalue weighted by molar-refractivity contribution is 0.0929. The minimum absolute atomic E-state index is 0.199. The third-order valence-corrected chi connectivity index (χ3v) is 7.52. The molecule has 9 heteroatoms. The number of halogens is 1. The molecule has 1 unspecified atom stereocenters. The Kier molecular flexibility index (Phi) is 4.68. The second-order valence-electron chi connectivity index (χ2n) is 7.45. The first-order valence-corrected chi connectivity index (χ1v) is 11.0. The zero-order valence-electron chi connectivity index (χ0n) is 15.7.